The van der Waals surface area contributed by atoms with Crippen molar-refractivity contribution in [2.75, 3.05) is 38.2 Å². The van der Waals surface area contributed by atoms with E-state index in [4.69, 9.17) is 4.74 Å². The van der Waals surface area contributed by atoms with Crippen LogP contribution in [0.3, 0.4) is 0 Å². The van der Waals surface area contributed by atoms with E-state index in [2.05, 4.69) is 10.00 Å². The molecule has 1 amide bonds. The van der Waals surface area contributed by atoms with E-state index in [0.29, 0.717) is 42.6 Å². The van der Waals surface area contributed by atoms with E-state index in [1.54, 1.807) is 19.2 Å². The Bertz CT molecular complexity index is 1130. The molecule has 7 heteroatoms. The maximum Gasteiger partial charge on any atom is 0.275 e. The van der Waals surface area contributed by atoms with Crippen molar-refractivity contribution in [3.63, 3.8) is 0 Å². The molecular formula is C23H26N4O3. The Labute approximate surface area is 175 Å². The molecule has 0 N–H and O–H groups in total. The highest BCUT2D eigenvalue weighted by molar-refractivity contribution is 6.04. The van der Waals surface area contributed by atoms with Gasteiger partial charge >= 0.3 is 0 Å². The smallest absolute Gasteiger partial charge is 0.275 e. The Morgan fingerprint density at radius 1 is 0.967 bits per heavy atom. The van der Waals surface area contributed by atoms with Crippen molar-refractivity contribution in [3.8, 4) is 5.75 Å². The van der Waals surface area contributed by atoms with E-state index in [-0.39, 0.29) is 17.5 Å². The van der Waals surface area contributed by atoms with Crippen molar-refractivity contribution in [1.82, 2.24) is 14.7 Å². The Hall–Kier alpha value is -3.35. The van der Waals surface area contributed by atoms with Crippen LogP contribution in [0, 0.1) is 0 Å². The van der Waals surface area contributed by atoms with Crippen molar-refractivity contribution < 1.29 is 9.53 Å². The number of aromatic nitrogens is 2. The van der Waals surface area contributed by atoms with Crippen LogP contribution in [0.5, 0.6) is 5.75 Å². The summed E-state index contributed by atoms with van der Waals surface area (Å²) in [7, 11) is 1.67. The average Bonchev–Trinajstić information content (AvgIpc) is 2.79. The number of nitrogens with zero attached hydrogens (tertiary/aromatic N) is 4. The quantitative estimate of drug-likeness (QED) is 0.666. The van der Waals surface area contributed by atoms with E-state index < -0.39 is 0 Å². The molecule has 2 heterocycles. The number of carbonyl (C=O) groups is 1. The van der Waals surface area contributed by atoms with E-state index in [1.807, 2.05) is 55.1 Å². The van der Waals surface area contributed by atoms with Crippen LogP contribution in [-0.2, 0) is 0 Å². The van der Waals surface area contributed by atoms with Gasteiger partial charge in [-0.05, 0) is 32.0 Å². The van der Waals surface area contributed by atoms with E-state index in [1.165, 1.54) is 4.68 Å². The van der Waals surface area contributed by atoms with E-state index in [0.717, 1.165) is 11.4 Å². The lowest BCUT2D eigenvalue weighted by Crippen LogP contribution is -2.49. The molecule has 0 spiro atoms. The molecule has 0 atom stereocenters. The van der Waals surface area contributed by atoms with Crippen LogP contribution in [0.15, 0.2) is 53.3 Å². The van der Waals surface area contributed by atoms with Gasteiger partial charge in [0, 0.05) is 31.6 Å². The Morgan fingerprint density at radius 2 is 1.60 bits per heavy atom. The summed E-state index contributed by atoms with van der Waals surface area (Å²) in [6.07, 6.45) is 0. The van der Waals surface area contributed by atoms with Crippen molar-refractivity contribution in [2.24, 2.45) is 0 Å². The van der Waals surface area contributed by atoms with Crippen LogP contribution in [0.1, 0.15) is 30.4 Å². The molecule has 0 bridgehead atoms. The second-order valence-corrected chi connectivity index (χ2v) is 7.69. The monoisotopic (exact) mass is 406 g/mol. The number of para-hydroxylation sites is 2. The third kappa shape index (κ3) is 3.51. The molecule has 0 saturated carbocycles. The molecule has 7 nitrogen and oxygen atoms in total. The standard InChI is InChI=1S/C23H26N4O3/c1-16(2)27-22(28)18-9-5-4-8-17(18)21(24-27)23(29)26-14-12-25(13-15-26)19-10-6-7-11-20(19)30-3/h4-11,16H,12-15H2,1-3H3. The molecule has 1 aliphatic heterocycles. The summed E-state index contributed by atoms with van der Waals surface area (Å²) in [4.78, 5) is 30.1. The zero-order chi connectivity index (χ0) is 21.3. The number of rotatable bonds is 4. The van der Waals surface area contributed by atoms with E-state index >= 15 is 0 Å². The number of ether oxygens (including phenoxy) is 1. The molecule has 3 aromatic rings. The molecule has 1 fully saturated rings. The molecule has 0 unspecified atom stereocenters. The van der Waals surface area contributed by atoms with Gasteiger partial charge in [-0.15, -0.1) is 0 Å². The first-order valence-corrected chi connectivity index (χ1v) is 10.2. The van der Waals surface area contributed by atoms with Gasteiger partial charge in [0.15, 0.2) is 5.69 Å². The van der Waals surface area contributed by atoms with Crippen LogP contribution in [0.2, 0.25) is 0 Å². The predicted octanol–water partition coefficient (Wildman–Crippen LogP) is 2.95. The summed E-state index contributed by atoms with van der Waals surface area (Å²) < 4.78 is 6.88. The SMILES string of the molecule is COc1ccccc1N1CCN(C(=O)c2nn(C(C)C)c(=O)c3ccccc23)CC1. The van der Waals surface area contributed by atoms with Crippen LogP contribution < -0.4 is 15.2 Å². The normalized spacial score (nSPS) is 14.4. The number of piperazine rings is 1. The van der Waals surface area contributed by atoms with Gasteiger partial charge in [-0.3, -0.25) is 9.59 Å². The van der Waals surface area contributed by atoms with Gasteiger partial charge in [-0.25, -0.2) is 4.68 Å². The molecule has 1 saturated heterocycles. The number of carbonyl (C=O) groups excluding carboxylic acids is 1. The van der Waals surface area contributed by atoms with Gasteiger partial charge in [0.25, 0.3) is 11.5 Å². The lowest BCUT2D eigenvalue weighted by Gasteiger charge is -2.36. The van der Waals surface area contributed by atoms with Gasteiger partial charge in [0.05, 0.1) is 24.2 Å². The first-order chi connectivity index (χ1) is 14.5. The number of benzene rings is 2. The largest absolute Gasteiger partial charge is 0.495 e. The van der Waals surface area contributed by atoms with E-state index in [9.17, 15) is 9.59 Å². The summed E-state index contributed by atoms with van der Waals surface area (Å²) >= 11 is 0. The predicted molar refractivity (Wildman–Crippen MR) is 117 cm³/mol. The second-order valence-electron chi connectivity index (χ2n) is 7.69. The number of amides is 1. The first kappa shape index (κ1) is 19.9. The fourth-order valence-electron chi connectivity index (χ4n) is 3.91. The summed E-state index contributed by atoms with van der Waals surface area (Å²) in [5.74, 6) is 0.689. The highest BCUT2D eigenvalue weighted by Gasteiger charge is 2.27. The maximum absolute atomic E-state index is 13.4. The number of fused-ring (bicyclic) bond motifs is 1. The van der Waals surface area contributed by atoms with Crippen LogP contribution in [0.4, 0.5) is 5.69 Å². The van der Waals surface area contributed by atoms with Crippen LogP contribution in [0.25, 0.3) is 10.8 Å². The van der Waals surface area contributed by atoms with Crippen molar-refractivity contribution in [3.05, 3.63) is 64.6 Å². The molecule has 1 aromatic heterocycles. The van der Waals surface area contributed by atoms with Crippen LogP contribution >= 0.6 is 0 Å². The van der Waals surface area contributed by atoms with Crippen molar-refractivity contribution in [2.45, 2.75) is 19.9 Å². The van der Waals surface area contributed by atoms with Crippen LogP contribution in [-0.4, -0.2) is 53.9 Å². The topological polar surface area (TPSA) is 67.7 Å². The summed E-state index contributed by atoms with van der Waals surface area (Å²) in [6, 6.07) is 15.0. The van der Waals surface area contributed by atoms with Gasteiger partial charge in [0.2, 0.25) is 0 Å². The lowest BCUT2D eigenvalue weighted by molar-refractivity contribution is 0.0740. The third-order valence-electron chi connectivity index (χ3n) is 5.51. The molecule has 156 valence electrons. The minimum atomic E-state index is -0.168. The molecular weight excluding hydrogens is 380 g/mol. The molecule has 2 aromatic carbocycles. The number of anilines is 1. The minimum Gasteiger partial charge on any atom is -0.495 e. The van der Waals surface area contributed by atoms with Gasteiger partial charge < -0.3 is 14.5 Å². The zero-order valence-electron chi connectivity index (χ0n) is 17.5. The molecule has 0 radical (unpaired) electrons. The summed E-state index contributed by atoms with van der Waals surface area (Å²) in [6.45, 7) is 6.34. The molecule has 0 aliphatic carbocycles. The zero-order valence-corrected chi connectivity index (χ0v) is 17.5. The minimum absolute atomic E-state index is 0.129. The first-order valence-electron chi connectivity index (χ1n) is 10.2. The number of methoxy groups -OCH3 is 1. The maximum atomic E-state index is 13.4. The fraction of sp³-hybridized carbons (Fsp3) is 0.348. The molecule has 4 rings (SSSR count). The average molecular weight is 406 g/mol. The van der Waals surface area contributed by atoms with Crippen molar-refractivity contribution in [1.29, 1.82) is 0 Å². The summed E-state index contributed by atoms with van der Waals surface area (Å²) in [5.41, 5.74) is 1.20. The Morgan fingerprint density at radius 3 is 2.27 bits per heavy atom. The van der Waals surface area contributed by atoms with Gasteiger partial charge in [0.1, 0.15) is 5.75 Å². The van der Waals surface area contributed by atoms with Gasteiger partial charge in [-0.2, -0.15) is 5.10 Å². The number of hydrogen-bond acceptors (Lipinski definition) is 5. The molecule has 30 heavy (non-hydrogen) atoms. The lowest BCUT2D eigenvalue weighted by atomic mass is 10.1. The fourth-order valence-corrected chi connectivity index (χ4v) is 3.91. The van der Waals surface area contributed by atoms with Crippen molar-refractivity contribution >= 4 is 22.4 Å². The summed E-state index contributed by atoms with van der Waals surface area (Å²) in [5, 5.41) is 5.59. The highest BCUT2D eigenvalue weighted by Crippen LogP contribution is 2.28. The number of hydrogen-bond donors (Lipinski definition) is 0. The Balaban J connectivity index is 1.61. The highest BCUT2D eigenvalue weighted by atomic mass is 16.5. The second kappa shape index (κ2) is 8.18. The Kier molecular flexibility index (Phi) is 5.44. The molecule has 1 aliphatic rings. The third-order valence-corrected chi connectivity index (χ3v) is 5.51. The van der Waals surface area contributed by atoms with Gasteiger partial charge in [-0.1, -0.05) is 30.3 Å².